The lowest BCUT2D eigenvalue weighted by atomic mass is 10.3. The summed E-state index contributed by atoms with van der Waals surface area (Å²) in [4.78, 5) is 15.3. The van der Waals surface area contributed by atoms with E-state index in [4.69, 9.17) is 9.47 Å². The van der Waals surface area contributed by atoms with E-state index >= 15 is 0 Å². The van der Waals surface area contributed by atoms with Crippen molar-refractivity contribution in [2.75, 3.05) is 32.8 Å². The quantitative estimate of drug-likeness (QED) is 0.667. The summed E-state index contributed by atoms with van der Waals surface area (Å²) in [6, 6.07) is 11.6. The maximum Gasteiger partial charge on any atom is 0.234 e. The van der Waals surface area contributed by atoms with Crippen LogP contribution < -0.4 is 14.8 Å². The van der Waals surface area contributed by atoms with Crippen LogP contribution in [0.4, 0.5) is 0 Å². The van der Waals surface area contributed by atoms with Gasteiger partial charge in [0, 0.05) is 11.4 Å². The number of thiophene rings is 1. The molecule has 1 N–H and O–H groups in total. The van der Waals surface area contributed by atoms with Gasteiger partial charge in [-0.25, -0.2) is 0 Å². The molecule has 5 nitrogen and oxygen atoms in total. The molecule has 0 aliphatic carbocycles. The summed E-state index contributed by atoms with van der Waals surface area (Å²) < 4.78 is 11.2. The van der Waals surface area contributed by atoms with E-state index in [2.05, 4.69) is 10.2 Å². The van der Waals surface area contributed by atoms with Crippen LogP contribution in [0.1, 0.15) is 18.7 Å². The fraction of sp³-hybridized carbons (Fsp3) is 0.421. The maximum atomic E-state index is 12.0. The molecule has 2 rings (SSSR count). The molecule has 25 heavy (non-hydrogen) atoms. The van der Waals surface area contributed by atoms with E-state index in [-0.39, 0.29) is 5.91 Å². The van der Waals surface area contributed by atoms with Crippen molar-refractivity contribution in [3.8, 4) is 11.5 Å². The van der Waals surface area contributed by atoms with Crippen molar-refractivity contribution in [2.45, 2.75) is 20.4 Å². The van der Waals surface area contributed by atoms with Gasteiger partial charge in [0.2, 0.25) is 5.91 Å². The van der Waals surface area contributed by atoms with Gasteiger partial charge in [-0.1, -0.05) is 13.0 Å². The lowest BCUT2D eigenvalue weighted by Crippen LogP contribution is -2.38. The van der Waals surface area contributed by atoms with Crippen LogP contribution in [0.2, 0.25) is 0 Å². The Morgan fingerprint density at radius 3 is 2.44 bits per heavy atom. The second kappa shape index (κ2) is 10.7. The second-order valence-electron chi connectivity index (χ2n) is 5.48. The normalized spacial score (nSPS) is 10.7. The zero-order valence-corrected chi connectivity index (χ0v) is 15.7. The second-order valence-corrected chi connectivity index (χ2v) is 6.51. The molecule has 0 atom stereocenters. The van der Waals surface area contributed by atoms with Crippen LogP contribution in [-0.4, -0.2) is 43.7 Å². The van der Waals surface area contributed by atoms with Gasteiger partial charge in [0.25, 0.3) is 0 Å². The first-order valence-corrected chi connectivity index (χ1v) is 9.46. The molecule has 0 spiro atoms. The molecule has 1 aromatic carbocycles. The van der Waals surface area contributed by atoms with Crippen molar-refractivity contribution < 1.29 is 14.3 Å². The summed E-state index contributed by atoms with van der Waals surface area (Å²) in [5, 5.41) is 4.96. The van der Waals surface area contributed by atoms with Crippen LogP contribution in [-0.2, 0) is 11.3 Å². The number of rotatable bonds is 11. The molecule has 0 radical (unpaired) electrons. The lowest BCUT2D eigenvalue weighted by Gasteiger charge is -2.20. The Bertz CT molecular complexity index is 614. The van der Waals surface area contributed by atoms with Crippen molar-refractivity contribution in [2.24, 2.45) is 0 Å². The van der Waals surface area contributed by atoms with E-state index in [0.717, 1.165) is 22.9 Å². The zero-order valence-electron chi connectivity index (χ0n) is 14.9. The van der Waals surface area contributed by atoms with Crippen LogP contribution in [0.15, 0.2) is 41.8 Å². The van der Waals surface area contributed by atoms with Crippen LogP contribution in [0.3, 0.4) is 0 Å². The number of hydrogen-bond acceptors (Lipinski definition) is 5. The van der Waals surface area contributed by atoms with E-state index in [1.165, 1.54) is 0 Å². The highest BCUT2D eigenvalue weighted by atomic mass is 32.1. The number of ether oxygens (including phenoxy) is 2. The van der Waals surface area contributed by atoms with Gasteiger partial charge in [0.05, 0.1) is 19.7 Å². The number of amides is 1. The number of carbonyl (C=O) groups is 1. The van der Waals surface area contributed by atoms with Gasteiger partial charge in [0.15, 0.2) is 0 Å². The molecule has 0 saturated carbocycles. The fourth-order valence-electron chi connectivity index (χ4n) is 2.30. The van der Waals surface area contributed by atoms with Gasteiger partial charge >= 0.3 is 0 Å². The summed E-state index contributed by atoms with van der Waals surface area (Å²) in [7, 11) is 0. The Hall–Kier alpha value is -2.05. The molecule has 0 bridgehead atoms. The monoisotopic (exact) mass is 362 g/mol. The van der Waals surface area contributed by atoms with Crippen molar-refractivity contribution in [1.82, 2.24) is 10.2 Å². The summed E-state index contributed by atoms with van der Waals surface area (Å²) in [5.74, 6) is 1.69. The molecule has 0 unspecified atom stereocenters. The zero-order chi connectivity index (χ0) is 17.9. The number of carbonyl (C=O) groups excluding carboxylic acids is 1. The number of likely N-dealkylation sites (N-methyl/N-ethyl adjacent to an activating group) is 1. The van der Waals surface area contributed by atoms with E-state index in [0.29, 0.717) is 32.8 Å². The third-order valence-corrected chi connectivity index (χ3v) is 4.54. The molecule has 0 fully saturated rings. The largest absolute Gasteiger partial charge is 0.494 e. The first kappa shape index (κ1) is 19.3. The highest BCUT2D eigenvalue weighted by Crippen LogP contribution is 2.17. The summed E-state index contributed by atoms with van der Waals surface area (Å²) in [6.07, 6.45) is 0. The van der Waals surface area contributed by atoms with Crippen LogP contribution in [0, 0.1) is 0 Å². The first-order valence-electron chi connectivity index (χ1n) is 8.58. The van der Waals surface area contributed by atoms with E-state index in [9.17, 15) is 4.79 Å². The molecule has 1 heterocycles. The fourth-order valence-corrected chi connectivity index (χ4v) is 2.94. The predicted octanol–water partition coefficient (Wildman–Crippen LogP) is 3.16. The summed E-state index contributed by atoms with van der Waals surface area (Å²) in [5.41, 5.74) is 0. The Morgan fingerprint density at radius 1 is 1.12 bits per heavy atom. The minimum atomic E-state index is 0.0383. The molecule has 1 aromatic heterocycles. The Labute approximate surface area is 153 Å². The topological polar surface area (TPSA) is 50.8 Å². The first-order chi connectivity index (χ1) is 12.2. The number of benzene rings is 1. The molecule has 2 aromatic rings. The number of nitrogens with zero attached hydrogens (tertiary/aromatic N) is 1. The molecular formula is C19H26N2O3S. The molecule has 0 aliphatic heterocycles. The van der Waals surface area contributed by atoms with Gasteiger partial charge < -0.3 is 14.8 Å². The van der Waals surface area contributed by atoms with Gasteiger partial charge in [0.1, 0.15) is 18.1 Å². The Morgan fingerprint density at radius 2 is 1.84 bits per heavy atom. The molecular weight excluding hydrogens is 336 g/mol. The van der Waals surface area contributed by atoms with E-state index in [1.807, 2.05) is 55.6 Å². The minimum absolute atomic E-state index is 0.0383. The summed E-state index contributed by atoms with van der Waals surface area (Å²) >= 11 is 1.65. The summed E-state index contributed by atoms with van der Waals surface area (Å²) in [6.45, 7) is 7.68. The highest BCUT2D eigenvalue weighted by Gasteiger charge is 2.09. The van der Waals surface area contributed by atoms with Crippen LogP contribution >= 0.6 is 11.3 Å². The minimum Gasteiger partial charge on any atom is -0.494 e. The molecule has 6 heteroatoms. The predicted molar refractivity (Wildman–Crippen MR) is 101 cm³/mol. The third-order valence-electron chi connectivity index (χ3n) is 3.67. The van der Waals surface area contributed by atoms with Crippen molar-refractivity contribution in [3.05, 3.63) is 46.7 Å². The van der Waals surface area contributed by atoms with Crippen LogP contribution in [0.5, 0.6) is 11.5 Å². The third kappa shape index (κ3) is 7.15. The molecule has 136 valence electrons. The Kier molecular flexibility index (Phi) is 8.28. The lowest BCUT2D eigenvalue weighted by molar-refractivity contribution is -0.122. The van der Waals surface area contributed by atoms with Gasteiger partial charge in [-0.15, -0.1) is 11.3 Å². The molecule has 0 saturated heterocycles. The van der Waals surface area contributed by atoms with Gasteiger partial charge in [-0.3, -0.25) is 9.69 Å². The average Bonchev–Trinajstić information content (AvgIpc) is 3.14. The van der Waals surface area contributed by atoms with Gasteiger partial charge in [-0.2, -0.15) is 0 Å². The number of nitrogens with one attached hydrogen (secondary N) is 1. The van der Waals surface area contributed by atoms with Crippen molar-refractivity contribution >= 4 is 17.2 Å². The molecule has 0 aliphatic rings. The standard InChI is InChI=1S/C19H26N2O3S/c1-3-21(15-19(22)20-14-18-6-5-13-25-18)11-12-24-17-9-7-16(8-10-17)23-4-2/h5-10,13H,3-4,11-12,14-15H2,1-2H3,(H,20,22). The highest BCUT2D eigenvalue weighted by molar-refractivity contribution is 7.09. The van der Waals surface area contributed by atoms with E-state index < -0.39 is 0 Å². The van der Waals surface area contributed by atoms with E-state index in [1.54, 1.807) is 11.3 Å². The Balaban J connectivity index is 1.67. The maximum absolute atomic E-state index is 12.0. The number of hydrogen-bond donors (Lipinski definition) is 1. The average molecular weight is 362 g/mol. The van der Waals surface area contributed by atoms with Crippen molar-refractivity contribution in [3.63, 3.8) is 0 Å². The van der Waals surface area contributed by atoms with Crippen molar-refractivity contribution in [1.29, 1.82) is 0 Å². The molecule has 1 amide bonds. The smallest absolute Gasteiger partial charge is 0.234 e. The van der Waals surface area contributed by atoms with Crippen LogP contribution in [0.25, 0.3) is 0 Å². The van der Waals surface area contributed by atoms with Gasteiger partial charge in [-0.05, 0) is 49.2 Å². The SMILES string of the molecule is CCOc1ccc(OCCN(CC)CC(=O)NCc2cccs2)cc1.